The molecule has 1 aliphatic rings. The van der Waals surface area contributed by atoms with E-state index < -0.39 is 0 Å². The summed E-state index contributed by atoms with van der Waals surface area (Å²) in [5.74, 6) is 1.94. The van der Waals surface area contributed by atoms with Crippen LogP contribution in [0.5, 0.6) is 0 Å². The van der Waals surface area contributed by atoms with Gasteiger partial charge in [-0.05, 0) is 33.7 Å². The molecule has 1 atom stereocenters. The van der Waals surface area contributed by atoms with Crippen molar-refractivity contribution >= 4 is 11.8 Å². The summed E-state index contributed by atoms with van der Waals surface area (Å²) in [4.78, 5) is 9.13. The van der Waals surface area contributed by atoms with E-state index in [1.807, 2.05) is 25.0 Å². The molecular formula is C14H23N3S. The number of hydrogen-bond donors (Lipinski definition) is 1. The van der Waals surface area contributed by atoms with Gasteiger partial charge in [-0.25, -0.2) is 9.97 Å². The summed E-state index contributed by atoms with van der Waals surface area (Å²) >= 11 is 2.03. The van der Waals surface area contributed by atoms with E-state index in [2.05, 4.69) is 29.1 Å². The molecule has 1 saturated carbocycles. The van der Waals surface area contributed by atoms with Gasteiger partial charge >= 0.3 is 0 Å². The fraction of sp³-hybridized carbons (Fsp3) is 0.714. The lowest BCUT2D eigenvalue weighted by atomic mass is 10.1. The summed E-state index contributed by atoms with van der Waals surface area (Å²) in [6.45, 7) is 4.22. The molecule has 0 saturated heterocycles. The van der Waals surface area contributed by atoms with Crippen LogP contribution in [-0.2, 0) is 5.75 Å². The highest BCUT2D eigenvalue weighted by molar-refractivity contribution is 7.99. The zero-order valence-corrected chi connectivity index (χ0v) is 12.4. The lowest BCUT2D eigenvalue weighted by Crippen LogP contribution is -2.15. The van der Waals surface area contributed by atoms with E-state index in [-0.39, 0.29) is 0 Å². The Morgan fingerprint density at radius 2 is 2.17 bits per heavy atom. The number of nitrogens with zero attached hydrogens (tertiary/aromatic N) is 2. The Hall–Kier alpha value is -0.610. The third-order valence-corrected chi connectivity index (χ3v) is 5.08. The van der Waals surface area contributed by atoms with Gasteiger partial charge < -0.3 is 5.32 Å². The minimum absolute atomic E-state index is 0.321. The van der Waals surface area contributed by atoms with Gasteiger partial charge in [0.05, 0.1) is 5.75 Å². The molecule has 0 bridgehead atoms. The van der Waals surface area contributed by atoms with Crippen molar-refractivity contribution in [1.29, 1.82) is 0 Å². The van der Waals surface area contributed by atoms with Crippen LogP contribution >= 0.6 is 11.8 Å². The Balaban J connectivity index is 1.95. The molecule has 4 heteroatoms. The molecule has 1 aromatic heterocycles. The van der Waals surface area contributed by atoms with E-state index in [1.165, 1.54) is 31.2 Å². The number of aromatic nitrogens is 2. The molecule has 1 heterocycles. The Morgan fingerprint density at radius 3 is 2.78 bits per heavy atom. The molecule has 0 spiro atoms. The summed E-state index contributed by atoms with van der Waals surface area (Å²) in [7, 11) is 1.97. The monoisotopic (exact) mass is 265 g/mol. The van der Waals surface area contributed by atoms with Crippen molar-refractivity contribution < 1.29 is 0 Å². The van der Waals surface area contributed by atoms with E-state index in [9.17, 15) is 0 Å². The van der Waals surface area contributed by atoms with E-state index in [0.29, 0.717) is 6.04 Å². The lowest BCUT2D eigenvalue weighted by Gasteiger charge is -2.14. The zero-order chi connectivity index (χ0) is 13.0. The highest BCUT2D eigenvalue weighted by Crippen LogP contribution is 2.31. The normalized spacial score (nSPS) is 18.2. The topological polar surface area (TPSA) is 37.8 Å². The molecule has 1 aromatic rings. The number of hydrogen-bond acceptors (Lipinski definition) is 4. The number of nitrogens with one attached hydrogen (secondary N) is 1. The first-order valence-corrected chi connectivity index (χ1v) is 7.87. The van der Waals surface area contributed by atoms with E-state index in [1.54, 1.807) is 0 Å². The van der Waals surface area contributed by atoms with Crippen LogP contribution in [-0.4, -0.2) is 22.3 Å². The molecule has 0 amide bonds. The van der Waals surface area contributed by atoms with Gasteiger partial charge in [-0.2, -0.15) is 11.8 Å². The number of thioether (sulfide) groups is 1. The van der Waals surface area contributed by atoms with E-state index >= 15 is 0 Å². The molecule has 0 radical (unpaired) electrons. The van der Waals surface area contributed by atoms with Crippen molar-refractivity contribution in [3.63, 3.8) is 0 Å². The highest BCUT2D eigenvalue weighted by Gasteiger charge is 2.16. The molecule has 1 N–H and O–H groups in total. The average molecular weight is 265 g/mol. The van der Waals surface area contributed by atoms with Crippen molar-refractivity contribution in [3.05, 3.63) is 23.3 Å². The smallest absolute Gasteiger partial charge is 0.138 e. The van der Waals surface area contributed by atoms with Gasteiger partial charge in [-0.15, -0.1) is 0 Å². The minimum Gasteiger partial charge on any atom is -0.313 e. The fourth-order valence-corrected chi connectivity index (χ4v) is 3.61. The van der Waals surface area contributed by atoms with Gasteiger partial charge in [0.2, 0.25) is 0 Å². The maximum absolute atomic E-state index is 4.63. The maximum atomic E-state index is 4.63. The van der Waals surface area contributed by atoms with Crippen molar-refractivity contribution in [2.45, 2.75) is 56.6 Å². The summed E-state index contributed by atoms with van der Waals surface area (Å²) < 4.78 is 0. The summed E-state index contributed by atoms with van der Waals surface area (Å²) in [5, 5.41) is 4.07. The van der Waals surface area contributed by atoms with Crippen molar-refractivity contribution in [2.75, 3.05) is 7.05 Å². The molecule has 0 aliphatic heterocycles. The average Bonchev–Trinajstić information content (AvgIpc) is 2.88. The molecular weight excluding hydrogens is 242 g/mol. The van der Waals surface area contributed by atoms with Crippen molar-refractivity contribution in [3.8, 4) is 0 Å². The summed E-state index contributed by atoms with van der Waals surface area (Å²) in [6.07, 6.45) is 7.53. The molecule has 1 fully saturated rings. The molecule has 0 aromatic carbocycles. The molecule has 1 unspecified atom stereocenters. The Bertz CT molecular complexity index is 389. The first-order valence-electron chi connectivity index (χ1n) is 6.82. The third-order valence-electron chi connectivity index (χ3n) is 3.72. The number of aryl methyl sites for hydroxylation is 1. The maximum Gasteiger partial charge on any atom is 0.138 e. The van der Waals surface area contributed by atoms with Crippen LogP contribution in [0.1, 0.15) is 55.7 Å². The van der Waals surface area contributed by atoms with E-state index in [4.69, 9.17) is 0 Å². The van der Waals surface area contributed by atoms with Gasteiger partial charge in [-0.1, -0.05) is 12.8 Å². The van der Waals surface area contributed by atoms with Crippen LogP contribution in [0.2, 0.25) is 0 Å². The van der Waals surface area contributed by atoms with Crippen molar-refractivity contribution in [1.82, 2.24) is 15.3 Å². The number of rotatable bonds is 5. The van der Waals surface area contributed by atoms with Crippen LogP contribution in [0.15, 0.2) is 6.20 Å². The molecule has 3 nitrogen and oxygen atoms in total. The van der Waals surface area contributed by atoms with E-state index in [0.717, 1.165) is 22.5 Å². The van der Waals surface area contributed by atoms with Gasteiger partial charge in [-0.3, -0.25) is 0 Å². The Labute approximate surface area is 114 Å². The van der Waals surface area contributed by atoms with Crippen LogP contribution < -0.4 is 5.32 Å². The fourth-order valence-electron chi connectivity index (χ4n) is 2.42. The SMILES string of the molecule is CNC(C)c1cnc(CSC2CCCC2)nc1C. The third kappa shape index (κ3) is 3.45. The standard InChI is InChI=1S/C14H23N3S/c1-10(15-3)13-8-16-14(17-11(13)2)9-18-12-6-4-5-7-12/h8,10,12,15H,4-7,9H2,1-3H3. The minimum atomic E-state index is 0.321. The van der Waals surface area contributed by atoms with Crippen LogP contribution in [0.3, 0.4) is 0 Å². The van der Waals surface area contributed by atoms with Crippen molar-refractivity contribution in [2.24, 2.45) is 0 Å². The second kappa shape index (κ2) is 6.53. The first kappa shape index (κ1) is 13.8. The van der Waals surface area contributed by atoms with Gasteiger partial charge in [0, 0.05) is 28.7 Å². The zero-order valence-electron chi connectivity index (χ0n) is 11.6. The highest BCUT2D eigenvalue weighted by atomic mass is 32.2. The molecule has 1 aliphatic carbocycles. The van der Waals surface area contributed by atoms with Crippen LogP contribution in [0.4, 0.5) is 0 Å². The summed E-state index contributed by atoms with van der Waals surface area (Å²) in [6, 6.07) is 0.321. The van der Waals surface area contributed by atoms with Gasteiger partial charge in [0.25, 0.3) is 0 Å². The van der Waals surface area contributed by atoms with Crippen LogP contribution in [0, 0.1) is 6.92 Å². The first-order chi connectivity index (χ1) is 8.70. The summed E-state index contributed by atoms with van der Waals surface area (Å²) in [5.41, 5.74) is 2.31. The van der Waals surface area contributed by atoms with Gasteiger partial charge in [0.15, 0.2) is 0 Å². The predicted molar refractivity (Wildman–Crippen MR) is 77.8 cm³/mol. The predicted octanol–water partition coefficient (Wildman–Crippen LogP) is 3.24. The molecule has 100 valence electrons. The second-order valence-electron chi connectivity index (χ2n) is 5.05. The Kier molecular flexibility index (Phi) is 5.01. The quantitative estimate of drug-likeness (QED) is 0.887. The van der Waals surface area contributed by atoms with Crippen LogP contribution in [0.25, 0.3) is 0 Å². The lowest BCUT2D eigenvalue weighted by molar-refractivity contribution is 0.639. The molecule has 2 rings (SSSR count). The Morgan fingerprint density at radius 1 is 1.44 bits per heavy atom. The largest absolute Gasteiger partial charge is 0.313 e. The second-order valence-corrected chi connectivity index (χ2v) is 6.34. The molecule has 18 heavy (non-hydrogen) atoms. The van der Waals surface area contributed by atoms with Gasteiger partial charge in [0.1, 0.15) is 5.82 Å².